The van der Waals surface area contributed by atoms with Crippen LogP contribution in [0.1, 0.15) is 27.2 Å². The molecular weight excluding hydrogens is 408 g/mol. The number of hydrogen-bond donors (Lipinski definition) is 3. The number of pyridine rings is 1. The number of hydrogen-bond acceptors (Lipinski definition) is 4. The van der Waals surface area contributed by atoms with Gasteiger partial charge in [0.15, 0.2) is 0 Å². The first-order chi connectivity index (χ1) is 15.4. The van der Waals surface area contributed by atoms with Crippen LogP contribution in [0.4, 0.5) is 21.9 Å². The van der Waals surface area contributed by atoms with E-state index in [2.05, 4.69) is 15.6 Å². The molecule has 0 saturated carbocycles. The van der Waals surface area contributed by atoms with E-state index in [1.165, 1.54) is 0 Å². The van der Waals surface area contributed by atoms with Crippen LogP contribution in [-0.4, -0.2) is 34.5 Å². The zero-order valence-corrected chi connectivity index (χ0v) is 17.5. The molecule has 0 unspecified atom stereocenters. The Labute approximate surface area is 184 Å². The number of anilines is 3. The maximum Gasteiger partial charge on any atom is 0.409 e. The Hall–Kier alpha value is -4.20. The average molecular weight is 430 g/mol. The monoisotopic (exact) mass is 430 g/mol. The number of carbonyl (C=O) groups is 3. The number of aryl methyl sites for hydroxylation is 1. The third-order valence-corrected chi connectivity index (χ3v) is 5.25. The molecule has 3 aromatic rings. The van der Waals surface area contributed by atoms with Gasteiger partial charge in [-0.25, -0.2) is 4.79 Å². The Kier molecular flexibility index (Phi) is 5.85. The van der Waals surface area contributed by atoms with Gasteiger partial charge in [-0.2, -0.15) is 0 Å². The molecule has 0 bridgehead atoms. The molecule has 0 saturated heterocycles. The minimum absolute atomic E-state index is 0.0247. The molecule has 8 heteroatoms. The van der Waals surface area contributed by atoms with Crippen LogP contribution in [0.5, 0.6) is 0 Å². The highest BCUT2D eigenvalue weighted by Gasteiger charge is 2.25. The molecule has 162 valence electrons. The van der Waals surface area contributed by atoms with E-state index in [1.54, 1.807) is 35.4 Å². The number of carbonyl (C=O) groups excluding carboxylic acids is 2. The van der Waals surface area contributed by atoms with Crippen molar-refractivity contribution in [2.24, 2.45) is 0 Å². The SMILES string of the molecule is Cc1ccc(C(=O)Nc2ccc3c(c2)CCN3C(=O)Cc2ccccn2)c(NC(=O)O)c1. The summed E-state index contributed by atoms with van der Waals surface area (Å²) in [4.78, 5) is 42.5. The quantitative estimate of drug-likeness (QED) is 0.569. The van der Waals surface area contributed by atoms with E-state index in [4.69, 9.17) is 5.11 Å². The van der Waals surface area contributed by atoms with Crippen molar-refractivity contribution in [1.29, 1.82) is 0 Å². The predicted molar refractivity (Wildman–Crippen MR) is 121 cm³/mol. The van der Waals surface area contributed by atoms with Crippen LogP contribution in [0.25, 0.3) is 0 Å². The number of aromatic nitrogens is 1. The van der Waals surface area contributed by atoms with Crippen LogP contribution in [0.2, 0.25) is 0 Å². The van der Waals surface area contributed by atoms with Crippen molar-refractivity contribution in [3.63, 3.8) is 0 Å². The topological polar surface area (TPSA) is 112 Å². The Morgan fingerprint density at radius 3 is 2.66 bits per heavy atom. The Morgan fingerprint density at radius 1 is 1.06 bits per heavy atom. The lowest BCUT2D eigenvalue weighted by Gasteiger charge is -2.17. The van der Waals surface area contributed by atoms with Crippen molar-refractivity contribution in [2.75, 3.05) is 22.1 Å². The van der Waals surface area contributed by atoms with E-state index in [9.17, 15) is 14.4 Å². The molecule has 0 atom stereocenters. The van der Waals surface area contributed by atoms with Gasteiger partial charge in [0, 0.05) is 29.8 Å². The van der Waals surface area contributed by atoms with Crippen LogP contribution < -0.4 is 15.5 Å². The molecule has 8 nitrogen and oxygen atoms in total. The highest BCUT2D eigenvalue weighted by molar-refractivity contribution is 6.09. The van der Waals surface area contributed by atoms with Crippen LogP contribution in [-0.2, 0) is 17.6 Å². The highest BCUT2D eigenvalue weighted by atomic mass is 16.4. The molecule has 2 heterocycles. The van der Waals surface area contributed by atoms with Gasteiger partial charge in [-0.15, -0.1) is 0 Å². The average Bonchev–Trinajstić information content (AvgIpc) is 3.17. The van der Waals surface area contributed by atoms with Crippen LogP contribution in [0.15, 0.2) is 60.8 Å². The number of amides is 3. The molecule has 1 aliphatic heterocycles. The highest BCUT2D eigenvalue weighted by Crippen LogP contribution is 2.31. The number of rotatable bonds is 5. The summed E-state index contributed by atoms with van der Waals surface area (Å²) in [6.45, 7) is 2.39. The number of carboxylic acid groups (broad SMARTS) is 1. The van der Waals surface area contributed by atoms with E-state index in [-0.39, 0.29) is 23.6 Å². The Bertz CT molecular complexity index is 1190. The first-order valence-electron chi connectivity index (χ1n) is 10.2. The van der Waals surface area contributed by atoms with E-state index in [1.807, 2.05) is 37.3 Å². The summed E-state index contributed by atoms with van der Waals surface area (Å²) in [5, 5.41) is 14.1. The molecule has 0 radical (unpaired) electrons. The second-order valence-electron chi connectivity index (χ2n) is 7.57. The normalized spacial score (nSPS) is 12.2. The third kappa shape index (κ3) is 4.59. The third-order valence-electron chi connectivity index (χ3n) is 5.25. The summed E-state index contributed by atoms with van der Waals surface area (Å²) in [6, 6.07) is 15.8. The van der Waals surface area contributed by atoms with Gasteiger partial charge < -0.3 is 15.3 Å². The number of fused-ring (bicyclic) bond motifs is 1. The van der Waals surface area contributed by atoms with Gasteiger partial charge in [0.25, 0.3) is 5.91 Å². The molecule has 1 aliphatic rings. The standard InChI is InChI=1S/C24H22N4O4/c1-15-5-7-19(20(12-15)27-24(31)32)23(30)26-18-6-8-21-16(13-18)9-11-28(21)22(29)14-17-4-2-3-10-25-17/h2-8,10,12-13,27H,9,11,14H2,1H3,(H,26,30)(H,31,32). The first kappa shape index (κ1) is 21.0. The van der Waals surface area contributed by atoms with E-state index < -0.39 is 12.0 Å². The maximum atomic E-state index is 12.8. The summed E-state index contributed by atoms with van der Waals surface area (Å²) in [5.41, 5.74) is 4.37. The molecule has 0 spiro atoms. The van der Waals surface area contributed by atoms with Crippen molar-refractivity contribution < 1.29 is 19.5 Å². The predicted octanol–water partition coefficient (Wildman–Crippen LogP) is 3.86. The molecule has 0 fully saturated rings. The minimum atomic E-state index is -1.24. The first-order valence-corrected chi connectivity index (χ1v) is 10.2. The zero-order chi connectivity index (χ0) is 22.7. The summed E-state index contributed by atoms with van der Waals surface area (Å²) < 4.78 is 0. The minimum Gasteiger partial charge on any atom is -0.465 e. The van der Waals surface area contributed by atoms with Crippen molar-refractivity contribution >= 4 is 35.0 Å². The van der Waals surface area contributed by atoms with Crippen molar-refractivity contribution in [3.05, 3.63) is 83.2 Å². The second kappa shape index (κ2) is 8.89. The summed E-state index contributed by atoms with van der Waals surface area (Å²) in [7, 11) is 0. The summed E-state index contributed by atoms with van der Waals surface area (Å²) in [5.74, 6) is -0.446. The molecule has 32 heavy (non-hydrogen) atoms. The molecule has 0 aliphatic carbocycles. The lowest BCUT2D eigenvalue weighted by atomic mass is 10.1. The maximum absolute atomic E-state index is 12.8. The Morgan fingerprint density at radius 2 is 1.91 bits per heavy atom. The molecular formula is C24H22N4O4. The zero-order valence-electron chi connectivity index (χ0n) is 17.5. The number of nitrogens with one attached hydrogen (secondary N) is 2. The van der Waals surface area contributed by atoms with Gasteiger partial charge in [0.2, 0.25) is 5.91 Å². The van der Waals surface area contributed by atoms with Gasteiger partial charge in [-0.05, 0) is 66.9 Å². The largest absolute Gasteiger partial charge is 0.465 e. The lowest BCUT2D eigenvalue weighted by Crippen LogP contribution is -2.30. The Balaban J connectivity index is 1.49. The second-order valence-corrected chi connectivity index (χ2v) is 7.57. The van der Waals surface area contributed by atoms with Crippen LogP contribution in [0.3, 0.4) is 0 Å². The molecule has 2 aromatic carbocycles. The molecule has 1 aromatic heterocycles. The number of nitrogens with zero attached hydrogens (tertiary/aromatic N) is 2. The van der Waals surface area contributed by atoms with Gasteiger partial charge >= 0.3 is 6.09 Å². The number of benzene rings is 2. The van der Waals surface area contributed by atoms with Gasteiger partial charge in [-0.1, -0.05) is 12.1 Å². The van der Waals surface area contributed by atoms with E-state index >= 15 is 0 Å². The fourth-order valence-electron chi connectivity index (χ4n) is 3.76. The smallest absolute Gasteiger partial charge is 0.409 e. The fraction of sp³-hybridized carbons (Fsp3) is 0.167. The van der Waals surface area contributed by atoms with Crippen LogP contribution >= 0.6 is 0 Å². The molecule has 3 amide bonds. The van der Waals surface area contributed by atoms with Crippen LogP contribution in [0, 0.1) is 6.92 Å². The van der Waals surface area contributed by atoms with Crippen molar-refractivity contribution in [3.8, 4) is 0 Å². The van der Waals surface area contributed by atoms with E-state index in [0.717, 1.165) is 22.5 Å². The van der Waals surface area contributed by atoms with Crippen molar-refractivity contribution in [2.45, 2.75) is 19.8 Å². The molecule has 3 N–H and O–H groups in total. The van der Waals surface area contributed by atoms with E-state index in [0.29, 0.717) is 18.7 Å². The van der Waals surface area contributed by atoms with Crippen molar-refractivity contribution in [1.82, 2.24) is 4.98 Å². The summed E-state index contributed by atoms with van der Waals surface area (Å²) >= 11 is 0. The summed E-state index contributed by atoms with van der Waals surface area (Å²) in [6.07, 6.45) is 1.34. The lowest BCUT2D eigenvalue weighted by molar-refractivity contribution is -0.117. The fourth-order valence-corrected chi connectivity index (χ4v) is 3.76. The molecule has 4 rings (SSSR count). The van der Waals surface area contributed by atoms with Gasteiger partial charge in [0.1, 0.15) is 0 Å². The van der Waals surface area contributed by atoms with Gasteiger partial charge in [0.05, 0.1) is 17.7 Å². The van der Waals surface area contributed by atoms with Gasteiger partial charge in [-0.3, -0.25) is 19.9 Å².